The Morgan fingerprint density at radius 3 is 2.82 bits per heavy atom. The molecular weight excluding hydrogens is 214 g/mol. The maximum Gasteiger partial charge on any atom is 0.252 e. The van der Waals surface area contributed by atoms with Crippen molar-refractivity contribution in [2.45, 2.75) is 12.8 Å². The summed E-state index contributed by atoms with van der Waals surface area (Å²) in [6.45, 7) is 0.811. The Hall–Kier alpha value is -2.10. The predicted octanol–water partition coefficient (Wildman–Crippen LogP) is 1.81. The Morgan fingerprint density at radius 2 is 2.06 bits per heavy atom. The molecule has 2 N–H and O–H groups in total. The van der Waals surface area contributed by atoms with E-state index in [9.17, 15) is 4.79 Å². The second kappa shape index (κ2) is 5.84. The van der Waals surface area contributed by atoms with Crippen LogP contribution < -0.4 is 10.9 Å². The lowest BCUT2D eigenvalue weighted by Crippen LogP contribution is -2.10. The maximum atomic E-state index is 11.0. The number of nitrogens with one attached hydrogen (secondary N) is 2. The van der Waals surface area contributed by atoms with E-state index in [-0.39, 0.29) is 5.56 Å². The van der Waals surface area contributed by atoms with Crippen molar-refractivity contribution in [1.29, 1.82) is 0 Å². The van der Waals surface area contributed by atoms with Crippen LogP contribution in [0.1, 0.15) is 12.0 Å². The smallest absolute Gasteiger partial charge is 0.252 e. The summed E-state index contributed by atoms with van der Waals surface area (Å²) in [5.74, 6) is 0.627. The van der Waals surface area contributed by atoms with Crippen LogP contribution in [0.4, 0.5) is 5.82 Å². The van der Waals surface area contributed by atoms with Gasteiger partial charge in [0.2, 0.25) is 0 Å². The minimum atomic E-state index is -0.134. The van der Waals surface area contributed by atoms with E-state index in [0.29, 0.717) is 5.82 Å². The van der Waals surface area contributed by atoms with Crippen LogP contribution in [0.2, 0.25) is 0 Å². The number of nitrogens with zero attached hydrogens (tertiary/aromatic N) is 1. The van der Waals surface area contributed by atoms with Crippen molar-refractivity contribution in [3.8, 4) is 0 Å². The third kappa shape index (κ3) is 3.75. The first-order valence-electron chi connectivity index (χ1n) is 5.67. The molecule has 0 radical (unpaired) electrons. The van der Waals surface area contributed by atoms with E-state index in [4.69, 9.17) is 0 Å². The van der Waals surface area contributed by atoms with Gasteiger partial charge in [-0.1, -0.05) is 30.3 Å². The van der Waals surface area contributed by atoms with Gasteiger partial charge in [0, 0.05) is 12.6 Å². The molecule has 0 aliphatic carbocycles. The molecule has 0 unspecified atom stereocenters. The van der Waals surface area contributed by atoms with Gasteiger partial charge in [-0.25, -0.2) is 4.98 Å². The minimum Gasteiger partial charge on any atom is -0.370 e. The molecule has 4 heteroatoms. The molecule has 2 aromatic rings. The van der Waals surface area contributed by atoms with Crippen molar-refractivity contribution < 1.29 is 0 Å². The Labute approximate surface area is 99.7 Å². The molecule has 17 heavy (non-hydrogen) atoms. The van der Waals surface area contributed by atoms with E-state index in [0.717, 1.165) is 19.4 Å². The summed E-state index contributed by atoms with van der Waals surface area (Å²) in [6, 6.07) is 11.8. The van der Waals surface area contributed by atoms with E-state index < -0.39 is 0 Å². The number of hydrogen-bond acceptors (Lipinski definition) is 3. The Kier molecular flexibility index (Phi) is 3.91. The zero-order valence-electron chi connectivity index (χ0n) is 9.52. The molecule has 0 fully saturated rings. The van der Waals surface area contributed by atoms with Crippen LogP contribution in [0.25, 0.3) is 0 Å². The lowest BCUT2D eigenvalue weighted by molar-refractivity contribution is 0.857. The number of benzene rings is 1. The molecule has 0 bridgehead atoms. The van der Waals surface area contributed by atoms with Gasteiger partial charge < -0.3 is 10.3 Å². The first-order chi connectivity index (χ1) is 8.34. The molecule has 1 aromatic heterocycles. The summed E-state index contributed by atoms with van der Waals surface area (Å²) in [6.07, 6.45) is 3.44. The molecule has 2 rings (SSSR count). The second-order valence-electron chi connectivity index (χ2n) is 3.81. The number of aryl methyl sites for hydroxylation is 1. The fraction of sp³-hybridized carbons (Fsp3) is 0.231. The van der Waals surface area contributed by atoms with Gasteiger partial charge in [0.25, 0.3) is 5.56 Å². The predicted molar refractivity (Wildman–Crippen MR) is 68.1 cm³/mol. The summed E-state index contributed by atoms with van der Waals surface area (Å²) in [7, 11) is 0. The topological polar surface area (TPSA) is 57.8 Å². The van der Waals surface area contributed by atoms with Gasteiger partial charge in [-0.3, -0.25) is 4.79 Å². The molecule has 88 valence electrons. The minimum absolute atomic E-state index is 0.134. The third-order valence-corrected chi connectivity index (χ3v) is 2.47. The molecule has 0 atom stereocenters. The van der Waals surface area contributed by atoms with E-state index in [1.807, 2.05) is 18.2 Å². The average molecular weight is 229 g/mol. The Bertz CT molecular complexity index is 507. The van der Waals surface area contributed by atoms with Crippen LogP contribution in [-0.4, -0.2) is 16.5 Å². The van der Waals surface area contributed by atoms with Crippen LogP contribution in [0, 0.1) is 0 Å². The van der Waals surface area contributed by atoms with E-state index in [1.165, 1.54) is 18.0 Å². The van der Waals surface area contributed by atoms with Crippen molar-refractivity contribution in [3.63, 3.8) is 0 Å². The van der Waals surface area contributed by atoms with Crippen LogP contribution >= 0.6 is 0 Å². The highest BCUT2D eigenvalue weighted by Gasteiger charge is 1.95. The Morgan fingerprint density at radius 1 is 1.24 bits per heavy atom. The maximum absolute atomic E-state index is 11.0. The van der Waals surface area contributed by atoms with Crippen LogP contribution in [0.5, 0.6) is 0 Å². The van der Waals surface area contributed by atoms with Crippen LogP contribution in [-0.2, 0) is 6.42 Å². The van der Waals surface area contributed by atoms with Gasteiger partial charge in [0.15, 0.2) is 0 Å². The average Bonchev–Trinajstić information content (AvgIpc) is 2.36. The van der Waals surface area contributed by atoms with Gasteiger partial charge in [-0.15, -0.1) is 0 Å². The number of H-pyrrole nitrogens is 1. The highest BCUT2D eigenvalue weighted by Crippen LogP contribution is 2.03. The first-order valence-corrected chi connectivity index (χ1v) is 5.67. The number of aromatic amines is 1. The normalized spacial score (nSPS) is 10.1. The zero-order chi connectivity index (χ0) is 11.9. The van der Waals surface area contributed by atoms with Crippen molar-refractivity contribution in [3.05, 3.63) is 58.6 Å². The fourth-order valence-corrected chi connectivity index (χ4v) is 1.62. The highest BCUT2D eigenvalue weighted by molar-refractivity contribution is 5.31. The molecule has 1 aromatic carbocycles. The number of anilines is 1. The molecule has 4 nitrogen and oxygen atoms in total. The van der Waals surface area contributed by atoms with Gasteiger partial charge >= 0.3 is 0 Å². The summed E-state index contributed by atoms with van der Waals surface area (Å²) < 4.78 is 0. The molecule has 1 heterocycles. The summed E-state index contributed by atoms with van der Waals surface area (Å²) in [5.41, 5.74) is 1.19. The lowest BCUT2D eigenvalue weighted by atomic mass is 10.1. The van der Waals surface area contributed by atoms with Crippen molar-refractivity contribution in [2.75, 3.05) is 11.9 Å². The molecule has 0 aliphatic rings. The largest absolute Gasteiger partial charge is 0.370 e. The van der Waals surface area contributed by atoms with E-state index >= 15 is 0 Å². The van der Waals surface area contributed by atoms with Gasteiger partial charge in [-0.2, -0.15) is 0 Å². The summed E-state index contributed by atoms with van der Waals surface area (Å²) in [5, 5.41) is 3.12. The van der Waals surface area contributed by atoms with Gasteiger partial charge in [0.1, 0.15) is 5.82 Å². The summed E-state index contributed by atoms with van der Waals surface area (Å²) in [4.78, 5) is 17.5. The fourth-order valence-electron chi connectivity index (χ4n) is 1.62. The molecule has 0 saturated carbocycles. The van der Waals surface area contributed by atoms with E-state index in [2.05, 4.69) is 27.4 Å². The number of aromatic nitrogens is 2. The Balaban J connectivity index is 1.75. The zero-order valence-corrected chi connectivity index (χ0v) is 9.52. The number of hydrogen-bond donors (Lipinski definition) is 2. The highest BCUT2D eigenvalue weighted by atomic mass is 16.1. The lowest BCUT2D eigenvalue weighted by Gasteiger charge is -2.04. The van der Waals surface area contributed by atoms with Gasteiger partial charge in [-0.05, 0) is 18.4 Å². The molecular formula is C13H15N3O. The second-order valence-corrected chi connectivity index (χ2v) is 3.81. The third-order valence-electron chi connectivity index (χ3n) is 2.47. The molecule has 0 saturated heterocycles. The van der Waals surface area contributed by atoms with Crippen LogP contribution in [0.3, 0.4) is 0 Å². The summed E-state index contributed by atoms with van der Waals surface area (Å²) >= 11 is 0. The van der Waals surface area contributed by atoms with Crippen molar-refractivity contribution in [1.82, 2.24) is 9.97 Å². The standard InChI is InChI=1S/C13H15N3O/c17-13-9-12(15-10-16-13)14-8-4-7-11-5-2-1-3-6-11/h1-3,5-6,9-10H,4,7-8H2,(H2,14,15,16,17). The monoisotopic (exact) mass is 229 g/mol. The molecule has 0 aliphatic heterocycles. The molecule has 0 amide bonds. The van der Waals surface area contributed by atoms with E-state index in [1.54, 1.807) is 0 Å². The quantitative estimate of drug-likeness (QED) is 0.769. The number of rotatable bonds is 5. The van der Waals surface area contributed by atoms with Crippen molar-refractivity contribution >= 4 is 5.82 Å². The van der Waals surface area contributed by atoms with Crippen molar-refractivity contribution in [2.24, 2.45) is 0 Å². The first kappa shape index (κ1) is 11.4. The van der Waals surface area contributed by atoms with Crippen LogP contribution in [0.15, 0.2) is 47.5 Å². The van der Waals surface area contributed by atoms with Gasteiger partial charge in [0.05, 0.1) is 6.33 Å². The SMILES string of the molecule is O=c1cc(NCCCc2ccccc2)nc[nH]1. The molecule has 0 spiro atoms.